The lowest BCUT2D eigenvalue weighted by atomic mass is 10.2. The molecule has 2 aromatic heterocycles. The molecule has 2 aromatic rings. The highest BCUT2D eigenvalue weighted by molar-refractivity contribution is 5.74. The van der Waals surface area contributed by atoms with Crippen molar-refractivity contribution in [1.29, 1.82) is 0 Å². The van der Waals surface area contributed by atoms with Crippen LogP contribution < -0.4 is 10.9 Å². The van der Waals surface area contributed by atoms with Crippen molar-refractivity contribution in [3.8, 4) is 0 Å². The predicted octanol–water partition coefficient (Wildman–Crippen LogP) is 0.754. The minimum atomic E-state index is -0.362. The smallest absolute Gasteiger partial charge is 0.263 e. The molecule has 0 aromatic carbocycles. The fourth-order valence-corrected chi connectivity index (χ4v) is 3.22. The number of nitrogens with one attached hydrogen (secondary N) is 2. The number of hydrogen-bond acceptors (Lipinski definition) is 6. The van der Waals surface area contributed by atoms with Gasteiger partial charge in [-0.1, -0.05) is 0 Å². The molecule has 1 saturated heterocycles. The first-order chi connectivity index (χ1) is 10.7. The van der Waals surface area contributed by atoms with Gasteiger partial charge in [-0.05, 0) is 12.8 Å². The Morgan fingerprint density at radius 3 is 3.14 bits per heavy atom. The molecule has 4 rings (SSSR count). The summed E-state index contributed by atoms with van der Waals surface area (Å²) in [5.74, 6) is 0.0659. The number of aromatic nitrogens is 4. The molecule has 1 aliphatic heterocycles. The quantitative estimate of drug-likeness (QED) is 0.869. The number of hydrogen-bond donors (Lipinski definition) is 2. The van der Waals surface area contributed by atoms with Gasteiger partial charge in [0.1, 0.15) is 11.5 Å². The maximum atomic E-state index is 12.0. The van der Waals surface area contributed by atoms with E-state index in [-0.39, 0.29) is 17.5 Å². The van der Waals surface area contributed by atoms with Crippen molar-refractivity contribution in [2.24, 2.45) is 7.05 Å². The standard InChI is InChI=1S/C14H19N5O3/c1-19-11-10(7-16-19)12(20)18-13(17-11)15-6-9-8-21-14(22-9)4-2-3-5-14/h7,9H,2-6,8H2,1H3,(H2,15,17,18,20). The molecule has 3 heterocycles. The van der Waals surface area contributed by atoms with Crippen molar-refractivity contribution in [2.75, 3.05) is 18.5 Å². The molecule has 8 nitrogen and oxygen atoms in total. The number of H-pyrrole nitrogens is 1. The summed E-state index contributed by atoms with van der Waals surface area (Å²) in [6.07, 6.45) is 5.76. The lowest BCUT2D eigenvalue weighted by Crippen LogP contribution is -2.29. The Kier molecular flexibility index (Phi) is 3.16. The molecule has 1 aliphatic carbocycles. The first-order valence-corrected chi connectivity index (χ1v) is 7.63. The second kappa shape index (κ2) is 5.06. The lowest BCUT2D eigenvalue weighted by molar-refractivity contribution is -0.160. The second-order valence-corrected chi connectivity index (χ2v) is 5.97. The van der Waals surface area contributed by atoms with E-state index >= 15 is 0 Å². The molecule has 1 atom stereocenters. The number of ether oxygens (including phenoxy) is 2. The third-order valence-corrected chi connectivity index (χ3v) is 4.38. The highest BCUT2D eigenvalue weighted by Crippen LogP contribution is 2.39. The molecular formula is C14H19N5O3. The zero-order valence-corrected chi connectivity index (χ0v) is 12.5. The van der Waals surface area contributed by atoms with E-state index < -0.39 is 0 Å². The summed E-state index contributed by atoms with van der Waals surface area (Å²) in [5.41, 5.74) is 0.360. The Labute approximate surface area is 126 Å². The molecule has 2 N–H and O–H groups in total. The monoisotopic (exact) mass is 305 g/mol. The summed E-state index contributed by atoms with van der Waals surface area (Å²) in [7, 11) is 1.76. The van der Waals surface area contributed by atoms with Crippen LogP contribution in [0.3, 0.4) is 0 Å². The largest absolute Gasteiger partial charge is 0.353 e. The average molecular weight is 305 g/mol. The SMILES string of the molecule is Cn1ncc2c(=O)[nH]c(NCC3COC4(CCCC4)O3)nc21. The third-order valence-electron chi connectivity index (χ3n) is 4.38. The molecule has 8 heteroatoms. The van der Waals surface area contributed by atoms with E-state index in [1.807, 2.05) is 0 Å². The van der Waals surface area contributed by atoms with Gasteiger partial charge in [0.15, 0.2) is 11.4 Å². The minimum absolute atomic E-state index is 0.0226. The van der Waals surface area contributed by atoms with Crippen molar-refractivity contribution in [3.05, 3.63) is 16.6 Å². The highest BCUT2D eigenvalue weighted by atomic mass is 16.7. The zero-order valence-electron chi connectivity index (χ0n) is 12.5. The van der Waals surface area contributed by atoms with E-state index in [4.69, 9.17) is 9.47 Å². The summed E-state index contributed by atoms with van der Waals surface area (Å²) in [6, 6.07) is 0. The fourth-order valence-electron chi connectivity index (χ4n) is 3.22. The second-order valence-electron chi connectivity index (χ2n) is 5.97. The Balaban J connectivity index is 1.46. The van der Waals surface area contributed by atoms with Crippen LogP contribution in [0.4, 0.5) is 5.95 Å². The first kappa shape index (κ1) is 13.7. The number of nitrogens with zero attached hydrogens (tertiary/aromatic N) is 3. The van der Waals surface area contributed by atoms with Crippen LogP contribution in [0.15, 0.2) is 11.0 Å². The van der Waals surface area contributed by atoms with Crippen molar-refractivity contribution in [1.82, 2.24) is 19.7 Å². The molecule has 1 spiro atoms. The van der Waals surface area contributed by atoms with Gasteiger partial charge in [-0.3, -0.25) is 14.5 Å². The zero-order chi connectivity index (χ0) is 15.2. The van der Waals surface area contributed by atoms with Crippen LogP contribution in [0.1, 0.15) is 25.7 Å². The molecule has 2 aliphatic rings. The average Bonchev–Trinajstić information content (AvgIpc) is 3.21. The summed E-state index contributed by atoms with van der Waals surface area (Å²) in [6.45, 7) is 1.12. The normalized spacial score (nSPS) is 23.6. The van der Waals surface area contributed by atoms with Crippen molar-refractivity contribution >= 4 is 17.0 Å². The van der Waals surface area contributed by atoms with Gasteiger partial charge in [0.25, 0.3) is 5.56 Å². The van der Waals surface area contributed by atoms with Gasteiger partial charge in [-0.2, -0.15) is 10.1 Å². The van der Waals surface area contributed by atoms with Crippen molar-refractivity contribution in [3.63, 3.8) is 0 Å². The molecule has 0 amide bonds. The summed E-state index contributed by atoms with van der Waals surface area (Å²) >= 11 is 0. The van der Waals surface area contributed by atoms with Gasteiger partial charge in [-0.25, -0.2) is 0 Å². The van der Waals surface area contributed by atoms with Crippen molar-refractivity contribution in [2.45, 2.75) is 37.6 Å². The van der Waals surface area contributed by atoms with Gasteiger partial charge < -0.3 is 14.8 Å². The number of aromatic amines is 1. The minimum Gasteiger partial charge on any atom is -0.353 e. The van der Waals surface area contributed by atoms with Gasteiger partial charge in [-0.15, -0.1) is 0 Å². The van der Waals surface area contributed by atoms with Crippen molar-refractivity contribution < 1.29 is 9.47 Å². The Hall–Kier alpha value is -1.93. The molecule has 0 bridgehead atoms. The lowest BCUT2D eigenvalue weighted by Gasteiger charge is -2.21. The van der Waals surface area contributed by atoms with E-state index in [0.717, 1.165) is 25.7 Å². The third kappa shape index (κ3) is 2.28. The van der Waals surface area contributed by atoms with E-state index in [1.54, 1.807) is 11.7 Å². The maximum Gasteiger partial charge on any atom is 0.263 e. The van der Waals surface area contributed by atoms with Crippen LogP contribution in [0.25, 0.3) is 11.0 Å². The Morgan fingerprint density at radius 1 is 1.50 bits per heavy atom. The Morgan fingerprint density at radius 2 is 2.32 bits per heavy atom. The topological polar surface area (TPSA) is 94.1 Å². The van der Waals surface area contributed by atoms with Gasteiger partial charge in [0.2, 0.25) is 5.95 Å². The van der Waals surface area contributed by atoms with Crippen LogP contribution in [0, 0.1) is 0 Å². The molecule has 22 heavy (non-hydrogen) atoms. The maximum absolute atomic E-state index is 12.0. The van der Waals surface area contributed by atoms with Crippen LogP contribution >= 0.6 is 0 Å². The summed E-state index contributed by atoms with van der Waals surface area (Å²) in [5, 5.41) is 7.66. The molecular weight excluding hydrogens is 286 g/mol. The van der Waals surface area contributed by atoms with Crippen LogP contribution in [-0.2, 0) is 16.5 Å². The molecule has 0 radical (unpaired) electrons. The van der Waals surface area contributed by atoms with E-state index in [9.17, 15) is 4.79 Å². The van der Waals surface area contributed by atoms with Gasteiger partial charge in [0.05, 0.1) is 12.8 Å². The van der Waals surface area contributed by atoms with E-state index in [1.165, 1.54) is 6.20 Å². The number of fused-ring (bicyclic) bond motifs is 1. The summed E-state index contributed by atoms with van der Waals surface area (Å²) < 4.78 is 13.5. The van der Waals surface area contributed by atoms with Crippen LogP contribution in [-0.4, -0.2) is 44.8 Å². The predicted molar refractivity (Wildman–Crippen MR) is 79.6 cm³/mol. The number of aryl methyl sites for hydroxylation is 1. The molecule has 2 fully saturated rings. The molecule has 1 unspecified atom stereocenters. The fraction of sp³-hybridized carbons (Fsp3) is 0.643. The van der Waals surface area contributed by atoms with Crippen LogP contribution in [0.5, 0.6) is 0 Å². The van der Waals surface area contributed by atoms with Gasteiger partial charge in [0, 0.05) is 26.4 Å². The Bertz CT molecular complexity index is 747. The van der Waals surface area contributed by atoms with E-state index in [2.05, 4.69) is 20.4 Å². The first-order valence-electron chi connectivity index (χ1n) is 7.63. The number of anilines is 1. The summed E-state index contributed by atoms with van der Waals surface area (Å²) in [4.78, 5) is 19.1. The molecule has 118 valence electrons. The van der Waals surface area contributed by atoms with E-state index in [0.29, 0.717) is 30.1 Å². The number of rotatable bonds is 3. The molecule has 1 saturated carbocycles. The highest BCUT2D eigenvalue weighted by Gasteiger charge is 2.43. The van der Waals surface area contributed by atoms with Crippen LogP contribution in [0.2, 0.25) is 0 Å². The van der Waals surface area contributed by atoms with Gasteiger partial charge >= 0.3 is 0 Å².